The monoisotopic (exact) mass is 303 g/mol. The maximum Gasteiger partial charge on any atom is 0.355 e. The number of Topliss-reactive ketones (excluding diaryl/α,β-unsaturated/α-hetero) is 1. The molecule has 104 valence electrons. The summed E-state index contributed by atoms with van der Waals surface area (Å²) >= 11 is 11.7. The zero-order valence-corrected chi connectivity index (χ0v) is 12.5. The molecule has 1 aliphatic carbocycles. The first kappa shape index (κ1) is 14.4. The maximum absolute atomic E-state index is 11.9. The van der Waals surface area contributed by atoms with Crippen molar-refractivity contribution in [1.29, 1.82) is 0 Å². The lowest BCUT2D eigenvalue weighted by atomic mass is 10.1. The van der Waals surface area contributed by atoms with Crippen LogP contribution in [0.1, 0.15) is 45.4 Å². The minimum absolute atomic E-state index is 0.0107. The topological polar surface area (TPSA) is 59.2 Å². The zero-order valence-electron chi connectivity index (χ0n) is 11.0. The Balaban J connectivity index is 2.08. The van der Waals surface area contributed by atoms with Crippen LogP contribution < -0.4 is 0 Å². The number of esters is 1. The molecule has 1 N–H and O–H groups in total. The summed E-state index contributed by atoms with van der Waals surface area (Å²) in [6.45, 7) is 5.14. The van der Waals surface area contributed by atoms with Crippen LogP contribution in [0.15, 0.2) is 0 Å². The van der Waals surface area contributed by atoms with E-state index in [1.807, 2.05) is 0 Å². The van der Waals surface area contributed by atoms with Crippen molar-refractivity contribution in [1.82, 2.24) is 4.98 Å². The van der Waals surface area contributed by atoms with E-state index in [4.69, 9.17) is 27.9 Å². The second-order valence-corrected chi connectivity index (χ2v) is 6.48. The molecule has 6 heteroatoms. The van der Waals surface area contributed by atoms with Gasteiger partial charge in [0.2, 0.25) is 0 Å². The van der Waals surface area contributed by atoms with E-state index in [9.17, 15) is 9.59 Å². The highest BCUT2D eigenvalue weighted by Gasteiger charge is 2.52. The summed E-state index contributed by atoms with van der Waals surface area (Å²) in [5, 5.41) is 0. The fraction of sp³-hybridized carbons (Fsp3) is 0.538. The van der Waals surface area contributed by atoms with Crippen molar-refractivity contribution in [3.05, 3.63) is 22.5 Å². The van der Waals surface area contributed by atoms with E-state index in [0.717, 1.165) is 0 Å². The van der Waals surface area contributed by atoms with Crippen LogP contribution >= 0.6 is 23.2 Å². The van der Waals surface area contributed by atoms with Crippen LogP contribution in [-0.4, -0.2) is 27.7 Å². The number of ketones is 1. The van der Waals surface area contributed by atoms with E-state index in [-0.39, 0.29) is 18.3 Å². The third-order valence-corrected chi connectivity index (χ3v) is 4.29. The van der Waals surface area contributed by atoms with Crippen LogP contribution in [0.2, 0.25) is 0 Å². The van der Waals surface area contributed by atoms with Crippen LogP contribution in [0.5, 0.6) is 0 Å². The van der Waals surface area contributed by atoms with Gasteiger partial charge in [0.15, 0.2) is 5.78 Å². The van der Waals surface area contributed by atoms with Gasteiger partial charge in [0, 0.05) is 17.2 Å². The summed E-state index contributed by atoms with van der Waals surface area (Å²) in [5.74, 6) is -0.569. The van der Waals surface area contributed by atoms with Crippen molar-refractivity contribution in [2.24, 2.45) is 5.92 Å². The third kappa shape index (κ3) is 2.79. The minimum atomic E-state index is -0.758. The Hall–Kier alpha value is -1.000. The van der Waals surface area contributed by atoms with Gasteiger partial charge in [-0.2, -0.15) is 0 Å². The molecule has 0 bridgehead atoms. The molecular weight excluding hydrogens is 289 g/mol. The van der Waals surface area contributed by atoms with Crippen LogP contribution in [0.4, 0.5) is 0 Å². The first-order valence-corrected chi connectivity index (χ1v) is 6.74. The fourth-order valence-electron chi connectivity index (χ4n) is 2.18. The molecule has 0 aromatic carbocycles. The summed E-state index contributed by atoms with van der Waals surface area (Å²) in [6, 6.07) is 0. The SMILES string of the molecule is CC(=O)c1c(C)[nH]c(C(=O)OCC2CC2(Cl)Cl)c1C. The Morgan fingerprint density at radius 3 is 2.42 bits per heavy atom. The Kier molecular flexibility index (Phi) is 3.67. The number of hydrogen-bond acceptors (Lipinski definition) is 3. The van der Waals surface area contributed by atoms with Gasteiger partial charge in [0.1, 0.15) is 10.0 Å². The van der Waals surface area contributed by atoms with Crippen molar-refractivity contribution in [2.75, 3.05) is 6.61 Å². The van der Waals surface area contributed by atoms with Crippen molar-refractivity contribution in [3.63, 3.8) is 0 Å². The quantitative estimate of drug-likeness (QED) is 0.528. The van der Waals surface area contributed by atoms with Crippen LogP contribution in [0.3, 0.4) is 0 Å². The lowest BCUT2D eigenvalue weighted by Gasteiger charge is -2.04. The number of aryl methyl sites for hydroxylation is 1. The highest BCUT2D eigenvalue weighted by Crippen LogP contribution is 2.53. The van der Waals surface area contributed by atoms with E-state index < -0.39 is 10.3 Å². The molecule has 0 radical (unpaired) electrons. The lowest BCUT2D eigenvalue weighted by Crippen LogP contribution is -2.11. The molecule has 0 saturated heterocycles. The highest BCUT2D eigenvalue weighted by atomic mass is 35.5. The van der Waals surface area contributed by atoms with Gasteiger partial charge >= 0.3 is 5.97 Å². The largest absolute Gasteiger partial charge is 0.461 e. The summed E-state index contributed by atoms with van der Waals surface area (Å²) in [5.41, 5.74) is 2.15. The number of aromatic amines is 1. The number of hydrogen-bond donors (Lipinski definition) is 1. The van der Waals surface area contributed by atoms with Crippen LogP contribution in [-0.2, 0) is 4.74 Å². The van der Waals surface area contributed by atoms with Crippen molar-refractivity contribution < 1.29 is 14.3 Å². The Bertz CT molecular complexity index is 548. The molecule has 1 aliphatic rings. The van der Waals surface area contributed by atoms with Gasteiger partial charge in [-0.25, -0.2) is 4.79 Å². The van der Waals surface area contributed by atoms with E-state index in [1.54, 1.807) is 13.8 Å². The third-order valence-electron chi connectivity index (χ3n) is 3.37. The van der Waals surface area contributed by atoms with Crippen molar-refractivity contribution >= 4 is 35.0 Å². The van der Waals surface area contributed by atoms with Gasteiger partial charge in [0.05, 0.1) is 6.61 Å². The van der Waals surface area contributed by atoms with Crippen LogP contribution in [0.25, 0.3) is 0 Å². The Morgan fingerprint density at radius 1 is 1.42 bits per heavy atom. The molecule has 1 fully saturated rings. The maximum atomic E-state index is 11.9. The number of halogens is 2. The molecule has 1 aromatic heterocycles. The summed E-state index contributed by atoms with van der Waals surface area (Å²) < 4.78 is 4.41. The van der Waals surface area contributed by atoms with Gasteiger partial charge in [0.25, 0.3) is 0 Å². The van der Waals surface area contributed by atoms with Gasteiger partial charge in [-0.3, -0.25) is 4.79 Å². The number of carbonyl (C=O) groups excluding carboxylic acids is 2. The molecule has 1 saturated carbocycles. The standard InChI is InChI=1S/C13H15Cl2NO3/c1-6-10(8(3)17)7(2)16-11(6)12(18)19-5-9-4-13(9,14)15/h9,16H,4-5H2,1-3H3. The van der Waals surface area contributed by atoms with Crippen LogP contribution in [0, 0.1) is 19.8 Å². The highest BCUT2D eigenvalue weighted by molar-refractivity contribution is 6.50. The molecule has 1 heterocycles. The number of alkyl halides is 2. The van der Waals surface area contributed by atoms with Gasteiger partial charge in [-0.05, 0) is 32.8 Å². The van der Waals surface area contributed by atoms with E-state index in [1.165, 1.54) is 6.92 Å². The van der Waals surface area contributed by atoms with E-state index >= 15 is 0 Å². The number of nitrogens with one attached hydrogen (secondary N) is 1. The molecule has 1 atom stereocenters. The normalized spacial score (nSPS) is 20.2. The van der Waals surface area contributed by atoms with E-state index in [0.29, 0.717) is 28.9 Å². The molecule has 1 unspecified atom stereocenters. The van der Waals surface area contributed by atoms with Gasteiger partial charge in [-0.1, -0.05) is 0 Å². The fourth-order valence-corrected chi connectivity index (χ4v) is 2.68. The first-order chi connectivity index (χ1) is 8.74. The first-order valence-electron chi connectivity index (χ1n) is 5.99. The average molecular weight is 304 g/mol. The summed E-state index contributed by atoms with van der Waals surface area (Å²) in [6.07, 6.45) is 0.630. The zero-order chi connectivity index (χ0) is 14.4. The van der Waals surface area contributed by atoms with E-state index in [2.05, 4.69) is 4.98 Å². The number of aromatic nitrogens is 1. The molecule has 0 amide bonds. The molecule has 1 aromatic rings. The lowest BCUT2D eigenvalue weighted by molar-refractivity contribution is 0.0478. The molecule has 4 nitrogen and oxygen atoms in total. The number of carbonyl (C=O) groups is 2. The van der Waals surface area contributed by atoms with Gasteiger partial charge < -0.3 is 9.72 Å². The number of H-pyrrole nitrogens is 1. The van der Waals surface area contributed by atoms with Crippen molar-refractivity contribution in [2.45, 2.75) is 31.5 Å². The number of rotatable bonds is 4. The second kappa shape index (κ2) is 4.84. The van der Waals surface area contributed by atoms with Gasteiger partial charge in [-0.15, -0.1) is 23.2 Å². The Labute approximate surface area is 121 Å². The molecule has 19 heavy (non-hydrogen) atoms. The Morgan fingerprint density at radius 2 is 2.00 bits per heavy atom. The minimum Gasteiger partial charge on any atom is -0.461 e. The average Bonchev–Trinajstić information content (AvgIpc) is 2.77. The predicted molar refractivity (Wildman–Crippen MR) is 73.1 cm³/mol. The second-order valence-electron chi connectivity index (χ2n) is 4.94. The number of ether oxygens (including phenoxy) is 1. The molecule has 0 spiro atoms. The molecule has 0 aliphatic heterocycles. The smallest absolute Gasteiger partial charge is 0.355 e. The van der Waals surface area contributed by atoms with Crippen molar-refractivity contribution in [3.8, 4) is 0 Å². The molecule has 2 rings (SSSR count). The molecular formula is C13H15Cl2NO3. The predicted octanol–water partition coefficient (Wildman–Crippen LogP) is 3.18. The summed E-state index contributed by atoms with van der Waals surface area (Å²) in [7, 11) is 0. The summed E-state index contributed by atoms with van der Waals surface area (Å²) in [4.78, 5) is 26.3.